The van der Waals surface area contributed by atoms with Crippen molar-refractivity contribution in [1.82, 2.24) is 0 Å². The molecule has 0 unspecified atom stereocenters. The molecule has 0 aliphatic rings. The molecule has 0 radical (unpaired) electrons. The van der Waals surface area contributed by atoms with Crippen LogP contribution in [0.1, 0.15) is 11.1 Å². The first-order valence-corrected chi connectivity index (χ1v) is 7.30. The first-order valence-electron chi connectivity index (χ1n) is 5.97. The van der Waals surface area contributed by atoms with Crippen LogP contribution in [-0.4, -0.2) is 17.5 Å². The Morgan fingerprint density at radius 3 is 1.33 bits per heavy atom. The van der Waals surface area contributed by atoms with E-state index in [1.807, 2.05) is 38.1 Å². The topological polar surface area (TPSA) is 132 Å². The van der Waals surface area contributed by atoms with E-state index in [4.69, 9.17) is 29.0 Å². The van der Waals surface area contributed by atoms with E-state index < -0.39 is 10.4 Å². The first-order chi connectivity index (χ1) is 9.58. The van der Waals surface area contributed by atoms with Gasteiger partial charge in [-0.25, -0.2) is 0 Å². The number of nitrogens with two attached hydrogens (primary N) is 2. The summed E-state index contributed by atoms with van der Waals surface area (Å²) in [5.74, 6) is 0. The van der Waals surface area contributed by atoms with E-state index in [1.54, 1.807) is 0 Å². The molecule has 0 atom stereocenters. The van der Waals surface area contributed by atoms with E-state index in [9.17, 15) is 0 Å². The molecule has 0 fully saturated rings. The second-order valence-electron chi connectivity index (χ2n) is 4.55. The molecule has 7 heteroatoms. The molecular formula is C14H16N2O4S-2. The molecule has 0 saturated heterocycles. The Bertz CT molecular complexity index is 685. The molecule has 0 bridgehead atoms. The number of rotatable bonds is 1. The molecule has 0 aliphatic heterocycles. The zero-order valence-corrected chi connectivity index (χ0v) is 12.5. The normalized spacial score (nSPS) is 10.7. The van der Waals surface area contributed by atoms with E-state index in [-0.39, 0.29) is 0 Å². The Labute approximate surface area is 124 Å². The van der Waals surface area contributed by atoms with Crippen molar-refractivity contribution in [2.75, 3.05) is 11.5 Å². The van der Waals surface area contributed by atoms with E-state index in [1.165, 1.54) is 11.1 Å². The zero-order valence-electron chi connectivity index (χ0n) is 11.7. The summed E-state index contributed by atoms with van der Waals surface area (Å²) in [6.07, 6.45) is 0. The Hall–Kier alpha value is -2.09. The second-order valence-corrected chi connectivity index (χ2v) is 5.37. The van der Waals surface area contributed by atoms with Gasteiger partial charge in [0.2, 0.25) is 0 Å². The molecule has 2 aromatic carbocycles. The lowest BCUT2D eigenvalue weighted by Gasteiger charge is -2.07. The fourth-order valence-corrected chi connectivity index (χ4v) is 1.71. The van der Waals surface area contributed by atoms with E-state index in [0.717, 1.165) is 22.5 Å². The van der Waals surface area contributed by atoms with Gasteiger partial charge < -0.3 is 20.6 Å². The average molecular weight is 308 g/mol. The third-order valence-electron chi connectivity index (χ3n) is 2.87. The summed E-state index contributed by atoms with van der Waals surface area (Å²) < 4.78 is 34.1. The van der Waals surface area contributed by atoms with Crippen LogP contribution in [0.25, 0.3) is 11.1 Å². The highest BCUT2D eigenvalue weighted by Gasteiger charge is 2.01. The van der Waals surface area contributed by atoms with Gasteiger partial charge in [0.1, 0.15) is 0 Å². The van der Waals surface area contributed by atoms with E-state index in [0.29, 0.717) is 0 Å². The molecule has 6 nitrogen and oxygen atoms in total. The Kier molecular flexibility index (Phi) is 5.31. The summed E-state index contributed by atoms with van der Waals surface area (Å²) in [4.78, 5) is 0. The fourth-order valence-electron chi connectivity index (χ4n) is 1.71. The van der Waals surface area contributed by atoms with Gasteiger partial charge in [-0.15, -0.1) is 0 Å². The van der Waals surface area contributed by atoms with Gasteiger partial charge in [0.05, 0.1) is 0 Å². The minimum Gasteiger partial charge on any atom is -0.759 e. The van der Waals surface area contributed by atoms with Gasteiger partial charge in [-0.1, -0.05) is 12.1 Å². The standard InChI is InChI=1S/C14H16N2.H2O4S/c1-9-7-11(3-5-13(9)15)12-4-6-14(16)10(2)8-12;1-5(2,3)4/h3-8H,15-16H2,1-2H3;(H2,1,2,3,4)/p-2. The second kappa shape index (κ2) is 6.57. The minimum absolute atomic E-state index is 0.830. The van der Waals surface area contributed by atoms with E-state index >= 15 is 0 Å². The number of nitrogen functional groups attached to an aromatic ring is 2. The number of benzene rings is 2. The number of hydrogen-bond donors (Lipinski definition) is 2. The van der Waals surface area contributed by atoms with Gasteiger partial charge in [-0.3, -0.25) is 8.42 Å². The maximum atomic E-state index is 8.52. The predicted molar refractivity (Wildman–Crippen MR) is 80.7 cm³/mol. The van der Waals surface area contributed by atoms with Crippen LogP contribution in [0.3, 0.4) is 0 Å². The smallest absolute Gasteiger partial charge is 0.0344 e. The maximum absolute atomic E-state index is 8.52. The van der Waals surface area contributed by atoms with Crippen molar-refractivity contribution in [1.29, 1.82) is 0 Å². The highest BCUT2D eigenvalue weighted by Crippen LogP contribution is 2.25. The molecule has 2 aromatic rings. The predicted octanol–water partition coefficient (Wildman–Crippen LogP) is 1.80. The van der Waals surface area contributed by atoms with Crippen molar-refractivity contribution < 1.29 is 17.5 Å². The molecule has 0 aromatic heterocycles. The summed E-state index contributed by atoms with van der Waals surface area (Å²) in [5.41, 5.74) is 17.8. The number of aryl methyl sites for hydroxylation is 2. The summed E-state index contributed by atoms with van der Waals surface area (Å²) in [5, 5.41) is 0. The van der Waals surface area contributed by atoms with Crippen LogP contribution in [0, 0.1) is 13.8 Å². The van der Waals surface area contributed by atoms with Gasteiger partial charge in [-0.05, 0) is 60.4 Å². The van der Waals surface area contributed by atoms with Crippen LogP contribution in [0.4, 0.5) is 11.4 Å². The van der Waals surface area contributed by atoms with Crippen molar-refractivity contribution in [3.05, 3.63) is 47.5 Å². The summed E-state index contributed by atoms with van der Waals surface area (Å²) in [6.45, 7) is 4.03. The molecule has 0 aliphatic carbocycles. The van der Waals surface area contributed by atoms with Crippen LogP contribution in [0.5, 0.6) is 0 Å². The molecular weight excluding hydrogens is 292 g/mol. The van der Waals surface area contributed by atoms with Crippen LogP contribution >= 0.6 is 0 Å². The molecule has 4 N–H and O–H groups in total. The molecule has 21 heavy (non-hydrogen) atoms. The Morgan fingerprint density at radius 1 is 0.810 bits per heavy atom. The monoisotopic (exact) mass is 308 g/mol. The quantitative estimate of drug-likeness (QED) is 0.469. The maximum Gasteiger partial charge on any atom is 0.0344 e. The SMILES string of the molecule is Cc1cc(-c2ccc(N)c(C)c2)ccc1N.O=S(=O)([O-])[O-]. The third kappa shape index (κ3) is 5.82. The van der Waals surface area contributed by atoms with Crippen molar-refractivity contribution in [3.8, 4) is 11.1 Å². The van der Waals surface area contributed by atoms with Gasteiger partial charge >= 0.3 is 0 Å². The zero-order chi connectivity index (χ0) is 16.2. The van der Waals surface area contributed by atoms with Crippen molar-refractivity contribution in [3.63, 3.8) is 0 Å². The molecule has 0 spiro atoms. The lowest BCUT2D eigenvalue weighted by atomic mass is 10.0. The highest BCUT2D eigenvalue weighted by molar-refractivity contribution is 7.79. The summed E-state index contributed by atoms with van der Waals surface area (Å²) in [7, 11) is -5.17. The van der Waals surface area contributed by atoms with Crippen LogP contribution in [0.15, 0.2) is 36.4 Å². The van der Waals surface area contributed by atoms with Crippen molar-refractivity contribution in [2.45, 2.75) is 13.8 Å². The van der Waals surface area contributed by atoms with Gasteiger partial charge in [0.25, 0.3) is 0 Å². The van der Waals surface area contributed by atoms with Gasteiger partial charge in [-0.2, -0.15) is 0 Å². The first kappa shape index (κ1) is 17.0. The fraction of sp³-hybridized carbons (Fsp3) is 0.143. The largest absolute Gasteiger partial charge is 0.759 e. The molecule has 0 amide bonds. The van der Waals surface area contributed by atoms with Crippen LogP contribution in [0.2, 0.25) is 0 Å². The summed E-state index contributed by atoms with van der Waals surface area (Å²) >= 11 is 0. The molecule has 114 valence electrons. The van der Waals surface area contributed by atoms with Gasteiger partial charge in [0, 0.05) is 21.8 Å². The molecule has 0 saturated carbocycles. The van der Waals surface area contributed by atoms with Crippen molar-refractivity contribution in [2.24, 2.45) is 0 Å². The average Bonchev–Trinajstić information content (AvgIpc) is 2.34. The lowest BCUT2D eigenvalue weighted by Crippen LogP contribution is -1.91. The van der Waals surface area contributed by atoms with Crippen LogP contribution < -0.4 is 11.5 Å². The third-order valence-corrected chi connectivity index (χ3v) is 2.87. The minimum atomic E-state index is -5.17. The van der Waals surface area contributed by atoms with E-state index in [2.05, 4.69) is 12.1 Å². The van der Waals surface area contributed by atoms with Crippen LogP contribution in [-0.2, 0) is 10.4 Å². The number of anilines is 2. The Morgan fingerprint density at radius 2 is 1.10 bits per heavy atom. The van der Waals surface area contributed by atoms with Gasteiger partial charge in [0.15, 0.2) is 0 Å². The highest BCUT2D eigenvalue weighted by atomic mass is 32.3. The van der Waals surface area contributed by atoms with Crippen molar-refractivity contribution >= 4 is 21.8 Å². The number of hydrogen-bond acceptors (Lipinski definition) is 6. The summed E-state index contributed by atoms with van der Waals surface area (Å²) in [6, 6.07) is 12.1. The lowest BCUT2D eigenvalue weighted by molar-refractivity contribution is 0.352. The molecule has 2 rings (SSSR count). The Balaban J connectivity index is 0.000000383. The molecule has 0 heterocycles.